The van der Waals surface area contributed by atoms with Crippen LogP contribution in [0, 0.1) is 0 Å². The third-order valence-electron chi connectivity index (χ3n) is 4.81. The van der Waals surface area contributed by atoms with Crippen LogP contribution in [0.2, 0.25) is 0 Å². The zero-order valence-electron chi connectivity index (χ0n) is 14.4. The van der Waals surface area contributed by atoms with Gasteiger partial charge in [-0.2, -0.15) is 9.34 Å². The summed E-state index contributed by atoms with van der Waals surface area (Å²) in [6, 6.07) is 0. The molecule has 0 amide bonds. The second-order valence-corrected chi connectivity index (χ2v) is 11.5. The third kappa shape index (κ3) is 3.79. The summed E-state index contributed by atoms with van der Waals surface area (Å²) in [4.78, 5) is 0. The van der Waals surface area contributed by atoms with Crippen molar-refractivity contribution < 1.29 is 9.47 Å². The molecule has 2 fully saturated rings. The van der Waals surface area contributed by atoms with Crippen LogP contribution in [0.15, 0.2) is 0 Å². The van der Waals surface area contributed by atoms with Crippen molar-refractivity contribution in [3.63, 3.8) is 0 Å². The topological polar surface area (TPSA) is 24.9 Å². The first-order chi connectivity index (χ1) is 10.0. The van der Waals surface area contributed by atoms with Crippen LogP contribution in [-0.4, -0.2) is 73.3 Å². The summed E-state index contributed by atoms with van der Waals surface area (Å²) < 4.78 is 16.9. The second kappa shape index (κ2) is 7.70. The van der Waals surface area contributed by atoms with Gasteiger partial charge < -0.3 is 9.47 Å². The Kier molecular flexibility index (Phi) is 6.46. The Morgan fingerprint density at radius 1 is 0.857 bits per heavy atom. The number of ether oxygens (including phenoxy) is 2. The highest BCUT2D eigenvalue weighted by atomic mass is 31.2. The fourth-order valence-corrected chi connectivity index (χ4v) is 9.49. The molecule has 2 saturated heterocycles. The summed E-state index contributed by atoms with van der Waals surface area (Å²) in [6.45, 7) is 17.7. The molecule has 21 heavy (non-hydrogen) atoms. The summed E-state index contributed by atoms with van der Waals surface area (Å²) in [5.41, 5.74) is 0. The van der Waals surface area contributed by atoms with Gasteiger partial charge in [-0.05, 0) is 27.2 Å². The van der Waals surface area contributed by atoms with E-state index in [9.17, 15) is 0 Å². The second-order valence-electron chi connectivity index (χ2n) is 7.11. The molecule has 0 spiro atoms. The Labute approximate surface area is 131 Å². The monoisotopic (exact) mass is 317 g/mol. The van der Waals surface area contributed by atoms with Gasteiger partial charge in [0.05, 0.1) is 58.8 Å². The Balaban J connectivity index is 2.31. The molecule has 0 saturated carbocycles. The van der Waals surface area contributed by atoms with Crippen LogP contribution in [0.3, 0.4) is 0 Å². The number of hydrogen-bond donors (Lipinski definition) is 0. The van der Waals surface area contributed by atoms with Crippen LogP contribution in [-0.2, 0) is 9.47 Å². The maximum atomic E-state index is 5.63. The molecule has 0 aromatic rings. The van der Waals surface area contributed by atoms with Crippen LogP contribution < -0.4 is 0 Å². The summed E-state index contributed by atoms with van der Waals surface area (Å²) >= 11 is 0. The summed E-state index contributed by atoms with van der Waals surface area (Å²) in [5.74, 6) is 0. The van der Waals surface area contributed by atoms with Crippen molar-refractivity contribution in [1.29, 1.82) is 0 Å². The van der Waals surface area contributed by atoms with Crippen molar-refractivity contribution in [3.8, 4) is 0 Å². The molecule has 124 valence electrons. The lowest BCUT2D eigenvalue weighted by Crippen LogP contribution is -2.52. The molecular weight excluding hydrogens is 283 g/mol. The Morgan fingerprint density at radius 2 is 1.29 bits per heavy atom. The highest BCUT2D eigenvalue weighted by Gasteiger charge is 2.59. The predicted molar refractivity (Wildman–Crippen MR) is 91.2 cm³/mol. The van der Waals surface area contributed by atoms with Crippen molar-refractivity contribution in [3.05, 3.63) is 0 Å². The quantitative estimate of drug-likeness (QED) is 0.728. The normalized spacial score (nSPS) is 23.4. The molecule has 0 unspecified atom stereocenters. The van der Waals surface area contributed by atoms with E-state index in [4.69, 9.17) is 9.47 Å². The lowest BCUT2D eigenvalue weighted by Gasteiger charge is -2.51. The number of unbranched alkanes of at least 4 members (excludes halogenated alkanes) is 1. The van der Waals surface area contributed by atoms with Crippen molar-refractivity contribution in [1.82, 2.24) is 9.34 Å². The van der Waals surface area contributed by atoms with Gasteiger partial charge in [-0.3, -0.25) is 0 Å². The first kappa shape index (κ1) is 17.6. The molecule has 0 N–H and O–H groups in total. The molecule has 0 atom stereocenters. The first-order valence-corrected chi connectivity index (χ1v) is 10.4. The summed E-state index contributed by atoms with van der Waals surface area (Å²) in [6.07, 6.45) is 3.97. The zero-order valence-corrected chi connectivity index (χ0v) is 15.3. The van der Waals surface area contributed by atoms with Crippen molar-refractivity contribution in [2.24, 2.45) is 0 Å². The maximum absolute atomic E-state index is 5.63. The van der Waals surface area contributed by atoms with Gasteiger partial charge in [0, 0.05) is 0 Å². The van der Waals surface area contributed by atoms with E-state index < -0.39 is 7.56 Å². The van der Waals surface area contributed by atoms with Crippen molar-refractivity contribution >= 4 is 7.56 Å². The van der Waals surface area contributed by atoms with E-state index in [1.165, 1.54) is 19.0 Å². The van der Waals surface area contributed by atoms with E-state index in [0.29, 0.717) is 5.16 Å². The molecule has 0 aromatic carbocycles. The molecule has 2 aliphatic rings. The fourth-order valence-electron chi connectivity index (χ4n) is 3.79. The Bertz CT molecular complexity index is 290. The predicted octanol–water partition coefficient (Wildman–Crippen LogP) is 3.10. The van der Waals surface area contributed by atoms with Crippen LogP contribution in [0.5, 0.6) is 0 Å². The maximum Gasteiger partial charge on any atom is 0.158 e. The first-order valence-electron chi connectivity index (χ1n) is 8.57. The molecular formula is C16H34N2O2P+. The van der Waals surface area contributed by atoms with E-state index >= 15 is 0 Å². The van der Waals surface area contributed by atoms with E-state index in [0.717, 1.165) is 52.6 Å². The van der Waals surface area contributed by atoms with Gasteiger partial charge in [0.15, 0.2) is 7.56 Å². The van der Waals surface area contributed by atoms with Gasteiger partial charge in [0.25, 0.3) is 0 Å². The number of nitrogens with zero attached hydrogens (tertiary/aromatic N) is 2. The van der Waals surface area contributed by atoms with Gasteiger partial charge in [-0.15, -0.1) is 0 Å². The molecule has 0 bridgehead atoms. The lowest BCUT2D eigenvalue weighted by molar-refractivity contribution is 0.0533. The van der Waals surface area contributed by atoms with Crippen LogP contribution in [0.1, 0.15) is 40.5 Å². The third-order valence-corrected chi connectivity index (χ3v) is 10.6. The average Bonchev–Trinajstić information content (AvgIpc) is 2.49. The van der Waals surface area contributed by atoms with Crippen molar-refractivity contribution in [2.75, 3.05) is 58.8 Å². The average molecular weight is 317 g/mol. The minimum absolute atomic E-state index is 0.330. The minimum atomic E-state index is -1.34. The van der Waals surface area contributed by atoms with Crippen LogP contribution in [0.25, 0.3) is 0 Å². The zero-order chi connectivity index (χ0) is 15.3. The van der Waals surface area contributed by atoms with E-state index in [1.807, 2.05) is 0 Å². The molecule has 4 nitrogen and oxygen atoms in total. The molecule has 0 aliphatic carbocycles. The van der Waals surface area contributed by atoms with Gasteiger partial charge in [0.2, 0.25) is 0 Å². The number of hydrogen-bond acceptors (Lipinski definition) is 4. The molecule has 2 aliphatic heterocycles. The van der Waals surface area contributed by atoms with E-state index in [2.05, 4.69) is 37.0 Å². The van der Waals surface area contributed by atoms with E-state index in [-0.39, 0.29) is 0 Å². The number of morpholine rings is 2. The van der Waals surface area contributed by atoms with Gasteiger partial charge in [-0.1, -0.05) is 13.3 Å². The van der Waals surface area contributed by atoms with Gasteiger partial charge >= 0.3 is 0 Å². The Morgan fingerprint density at radius 3 is 1.62 bits per heavy atom. The van der Waals surface area contributed by atoms with Gasteiger partial charge in [0.1, 0.15) is 5.16 Å². The van der Waals surface area contributed by atoms with Crippen LogP contribution in [0.4, 0.5) is 0 Å². The van der Waals surface area contributed by atoms with E-state index in [1.54, 1.807) is 0 Å². The Hall–Kier alpha value is 0.270. The lowest BCUT2D eigenvalue weighted by atomic mass is 10.3. The SMILES string of the molecule is CCCC[P+](N1CCOCC1)(N1CCOCC1)C(C)(C)C. The van der Waals surface area contributed by atoms with Crippen molar-refractivity contribution in [2.45, 2.75) is 45.7 Å². The smallest absolute Gasteiger partial charge is 0.158 e. The summed E-state index contributed by atoms with van der Waals surface area (Å²) in [5, 5.41) is 0.330. The van der Waals surface area contributed by atoms with Gasteiger partial charge in [-0.25, -0.2) is 0 Å². The standard InChI is InChI=1S/C16H34N2O2P/c1-5-6-15-21(16(2,3)4,17-7-11-19-12-8-17)18-9-13-20-14-10-18/h5-15H2,1-4H3/q+1. The molecule has 2 rings (SSSR count). The highest BCUT2D eigenvalue weighted by molar-refractivity contribution is 7.72. The number of rotatable bonds is 5. The fraction of sp³-hybridized carbons (Fsp3) is 1.00. The largest absolute Gasteiger partial charge is 0.378 e. The molecule has 0 aromatic heterocycles. The minimum Gasteiger partial charge on any atom is -0.378 e. The molecule has 0 radical (unpaired) electrons. The summed E-state index contributed by atoms with van der Waals surface area (Å²) in [7, 11) is -1.34. The highest BCUT2D eigenvalue weighted by Crippen LogP contribution is 2.73. The molecule has 5 heteroatoms. The van der Waals surface area contributed by atoms with Crippen LogP contribution >= 0.6 is 7.56 Å². The molecule has 2 heterocycles.